The molecule has 0 saturated heterocycles. The molecule has 6 heteroatoms. The Kier molecular flexibility index (Phi) is 6.84. The number of benzene rings is 2. The Balaban J connectivity index is 1.83. The van der Waals surface area contributed by atoms with Gasteiger partial charge in [0.2, 0.25) is 10.0 Å². The van der Waals surface area contributed by atoms with Crippen molar-refractivity contribution in [3.05, 3.63) is 54.1 Å². The molecule has 0 aliphatic heterocycles. The summed E-state index contributed by atoms with van der Waals surface area (Å²) in [6.45, 7) is 2.85. The number of nitrogens with one attached hydrogen (secondary N) is 1. The summed E-state index contributed by atoms with van der Waals surface area (Å²) in [5, 5.41) is 0. The minimum atomic E-state index is -3.48. The molecule has 0 aliphatic carbocycles. The minimum absolute atomic E-state index is 0.256. The molecule has 0 spiro atoms. The van der Waals surface area contributed by atoms with E-state index in [9.17, 15) is 8.42 Å². The molecule has 0 fully saturated rings. The number of rotatable bonds is 9. The van der Waals surface area contributed by atoms with Crippen molar-refractivity contribution in [2.75, 3.05) is 32.1 Å². The maximum atomic E-state index is 12.3. The van der Waals surface area contributed by atoms with Crippen LogP contribution in [0.1, 0.15) is 18.9 Å². The number of aryl methyl sites for hydroxylation is 1. The van der Waals surface area contributed by atoms with Crippen molar-refractivity contribution in [1.82, 2.24) is 4.72 Å². The second kappa shape index (κ2) is 8.87. The van der Waals surface area contributed by atoms with Gasteiger partial charge in [0.05, 0.1) is 11.5 Å². The summed E-state index contributed by atoms with van der Waals surface area (Å²) in [6, 6.07) is 14.8. The van der Waals surface area contributed by atoms with E-state index in [-0.39, 0.29) is 4.90 Å². The number of anilines is 1. The van der Waals surface area contributed by atoms with Gasteiger partial charge < -0.3 is 9.64 Å². The van der Waals surface area contributed by atoms with Gasteiger partial charge in [-0.2, -0.15) is 0 Å². The zero-order valence-corrected chi connectivity index (χ0v) is 15.8. The van der Waals surface area contributed by atoms with Crippen LogP contribution in [0.2, 0.25) is 0 Å². The van der Waals surface area contributed by atoms with Crippen molar-refractivity contribution in [2.24, 2.45) is 0 Å². The van der Waals surface area contributed by atoms with E-state index >= 15 is 0 Å². The molecular formula is C19H26N2O3S. The highest BCUT2D eigenvalue weighted by Crippen LogP contribution is 2.16. The van der Waals surface area contributed by atoms with E-state index in [2.05, 4.69) is 33.9 Å². The van der Waals surface area contributed by atoms with E-state index in [1.807, 2.05) is 21.0 Å². The molecule has 0 atom stereocenters. The van der Waals surface area contributed by atoms with Crippen molar-refractivity contribution < 1.29 is 13.2 Å². The normalized spacial score (nSPS) is 11.3. The van der Waals surface area contributed by atoms with Gasteiger partial charge in [-0.15, -0.1) is 0 Å². The van der Waals surface area contributed by atoms with Crippen LogP contribution in [0.5, 0.6) is 5.75 Å². The van der Waals surface area contributed by atoms with Crippen molar-refractivity contribution in [2.45, 2.75) is 24.7 Å². The maximum absolute atomic E-state index is 12.3. The zero-order chi connectivity index (χ0) is 18.3. The number of hydrogen-bond donors (Lipinski definition) is 1. The Morgan fingerprint density at radius 3 is 2.20 bits per heavy atom. The van der Waals surface area contributed by atoms with E-state index in [0.29, 0.717) is 18.9 Å². The molecule has 0 unspecified atom stereocenters. The monoisotopic (exact) mass is 362 g/mol. The average molecular weight is 362 g/mol. The Morgan fingerprint density at radius 2 is 1.64 bits per heavy atom. The summed E-state index contributed by atoms with van der Waals surface area (Å²) in [5.74, 6) is 0.669. The van der Waals surface area contributed by atoms with Gasteiger partial charge in [0.25, 0.3) is 0 Å². The Morgan fingerprint density at radius 1 is 1.00 bits per heavy atom. The standard InChI is InChI=1S/C19H26N2O3S/c1-4-24-18-11-13-19(14-12-18)25(22,23)20-15-5-6-16-7-9-17(10-8-16)21(2)3/h7-14,20H,4-6,15H2,1-3H3. The lowest BCUT2D eigenvalue weighted by Gasteiger charge is -2.12. The highest BCUT2D eigenvalue weighted by molar-refractivity contribution is 7.89. The molecule has 5 nitrogen and oxygen atoms in total. The topological polar surface area (TPSA) is 58.6 Å². The highest BCUT2D eigenvalue weighted by Gasteiger charge is 2.13. The van der Waals surface area contributed by atoms with Crippen molar-refractivity contribution >= 4 is 15.7 Å². The summed E-state index contributed by atoms with van der Waals surface area (Å²) in [5.41, 5.74) is 2.35. The molecule has 0 bridgehead atoms. The lowest BCUT2D eigenvalue weighted by atomic mass is 10.1. The van der Waals surface area contributed by atoms with Crippen LogP contribution in [-0.4, -0.2) is 35.7 Å². The maximum Gasteiger partial charge on any atom is 0.240 e. The zero-order valence-electron chi connectivity index (χ0n) is 15.0. The fourth-order valence-electron chi connectivity index (χ4n) is 2.42. The predicted octanol–water partition coefficient (Wildman–Crippen LogP) is 3.06. The number of nitrogens with zero attached hydrogens (tertiary/aromatic N) is 1. The molecular weight excluding hydrogens is 336 g/mol. The van der Waals surface area contributed by atoms with Crippen LogP contribution in [-0.2, 0) is 16.4 Å². The van der Waals surface area contributed by atoms with Crippen LogP contribution < -0.4 is 14.4 Å². The molecule has 0 aromatic heterocycles. The van der Waals surface area contributed by atoms with Crippen LogP contribution >= 0.6 is 0 Å². The van der Waals surface area contributed by atoms with Crippen LogP contribution in [0, 0.1) is 0 Å². The summed E-state index contributed by atoms with van der Waals surface area (Å²) >= 11 is 0. The van der Waals surface area contributed by atoms with Gasteiger partial charge in [0.1, 0.15) is 5.75 Å². The van der Waals surface area contributed by atoms with E-state index in [1.165, 1.54) is 5.56 Å². The fraction of sp³-hybridized carbons (Fsp3) is 0.368. The number of ether oxygens (including phenoxy) is 1. The molecule has 25 heavy (non-hydrogen) atoms. The first-order valence-corrected chi connectivity index (χ1v) is 9.89. The van der Waals surface area contributed by atoms with Gasteiger partial charge >= 0.3 is 0 Å². The molecule has 2 aromatic rings. The summed E-state index contributed by atoms with van der Waals surface area (Å²) in [7, 11) is 0.533. The molecule has 2 aromatic carbocycles. The van der Waals surface area contributed by atoms with Gasteiger partial charge in [-0.3, -0.25) is 0 Å². The molecule has 1 N–H and O–H groups in total. The largest absolute Gasteiger partial charge is 0.494 e. The van der Waals surface area contributed by atoms with E-state index in [4.69, 9.17) is 4.74 Å². The van der Waals surface area contributed by atoms with Gasteiger partial charge in [-0.05, 0) is 61.7 Å². The molecule has 0 heterocycles. The predicted molar refractivity (Wildman–Crippen MR) is 102 cm³/mol. The van der Waals surface area contributed by atoms with Crippen LogP contribution in [0.4, 0.5) is 5.69 Å². The third kappa shape index (κ3) is 5.76. The summed E-state index contributed by atoms with van der Waals surface area (Å²) < 4.78 is 32.5. The van der Waals surface area contributed by atoms with Crippen LogP contribution in [0.15, 0.2) is 53.4 Å². The Hall–Kier alpha value is -2.05. The van der Waals surface area contributed by atoms with E-state index in [0.717, 1.165) is 18.5 Å². The SMILES string of the molecule is CCOc1ccc(S(=O)(=O)NCCCc2ccc(N(C)C)cc2)cc1. The molecule has 0 radical (unpaired) electrons. The lowest BCUT2D eigenvalue weighted by molar-refractivity contribution is 0.340. The van der Waals surface area contributed by atoms with Crippen LogP contribution in [0.25, 0.3) is 0 Å². The second-order valence-electron chi connectivity index (χ2n) is 5.97. The number of hydrogen-bond acceptors (Lipinski definition) is 4. The van der Waals surface area contributed by atoms with Gasteiger partial charge in [0.15, 0.2) is 0 Å². The van der Waals surface area contributed by atoms with Gasteiger partial charge in [-0.25, -0.2) is 13.1 Å². The Bertz CT molecular complexity index is 754. The van der Waals surface area contributed by atoms with Crippen LogP contribution in [0.3, 0.4) is 0 Å². The van der Waals surface area contributed by atoms with E-state index < -0.39 is 10.0 Å². The third-order valence-electron chi connectivity index (χ3n) is 3.83. The highest BCUT2D eigenvalue weighted by atomic mass is 32.2. The minimum Gasteiger partial charge on any atom is -0.494 e. The van der Waals surface area contributed by atoms with E-state index in [1.54, 1.807) is 24.3 Å². The lowest BCUT2D eigenvalue weighted by Crippen LogP contribution is -2.25. The number of sulfonamides is 1. The smallest absolute Gasteiger partial charge is 0.240 e. The average Bonchev–Trinajstić information content (AvgIpc) is 2.60. The van der Waals surface area contributed by atoms with Gasteiger partial charge in [0, 0.05) is 26.3 Å². The first-order valence-electron chi connectivity index (χ1n) is 8.41. The summed E-state index contributed by atoms with van der Waals surface area (Å²) in [6.07, 6.45) is 1.58. The quantitative estimate of drug-likeness (QED) is 0.697. The first-order chi connectivity index (χ1) is 11.9. The third-order valence-corrected chi connectivity index (χ3v) is 5.31. The fourth-order valence-corrected chi connectivity index (χ4v) is 3.50. The molecule has 136 valence electrons. The van der Waals surface area contributed by atoms with Crippen molar-refractivity contribution in [3.8, 4) is 5.75 Å². The molecule has 2 rings (SSSR count). The Labute approximate surface area is 150 Å². The summed E-state index contributed by atoms with van der Waals surface area (Å²) in [4.78, 5) is 2.31. The molecule has 0 aliphatic rings. The first kappa shape index (κ1) is 19.3. The van der Waals surface area contributed by atoms with Gasteiger partial charge in [-0.1, -0.05) is 12.1 Å². The molecule has 0 amide bonds. The second-order valence-corrected chi connectivity index (χ2v) is 7.73. The van der Waals surface area contributed by atoms with Crippen molar-refractivity contribution in [1.29, 1.82) is 0 Å². The molecule has 0 saturated carbocycles. The van der Waals surface area contributed by atoms with Crippen molar-refractivity contribution in [3.63, 3.8) is 0 Å².